The second kappa shape index (κ2) is 17.0. The number of nitrogens with one attached hydrogen (secondary N) is 2. The van der Waals surface area contributed by atoms with Crippen LogP contribution < -0.4 is 27.5 Å². The molecule has 0 bridgehead atoms. The maximum Gasteiger partial charge on any atom is 0.411 e. The fraction of sp³-hybridized carbons (Fsp3) is 0.200. The summed E-state index contributed by atoms with van der Waals surface area (Å²) in [4.78, 5) is 46.5. The summed E-state index contributed by atoms with van der Waals surface area (Å²) < 4.78 is 12.0. The third-order valence-corrected chi connectivity index (χ3v) is 5.78. The lowest BCUT2D eigenvalue weighted by molar-refractivity contribution is 0.167. The summed E-state index contributed by atoms with van der Waals surface area (Å²) in [7, 11) is 0. The van der Waals surface area contributed by atoms with Gasteiger partial charge in [-0.3, -0.25) is 20.2 Å². The predicted octanol–water partition coefficient (Wildman–Crippen LogP) is 2.69. The fourth-order valence-corrected chi connectivity index (χ4v) is 3.78. The van der Waals surface area contributed by atoms with Gasteiger partial charge in [-0.05, 0) is 61.4 Å². The van der Waals surface area contributed by atoms with Crippen molar-refractivity contribution < 1.29 is 24.3 Å². The molecule has 2 aromatic carbocycles. The number of hydrogen-bond donors (Lipinski definition) is 4. The summed E-state index contributed by atoms with van der Waals surface area (Å²) in [5.41, 5.74) is 7.76. The number of rotatable bonds is 9. The number of nitrogens with two attached hydrogens (primary N) is 1. The van der Waals surface area contributed by atoms with Crippen LogP contribution in [0.3, 0.4) is 0 Å². The highest BCUT2D eigenvalue weighted by Crippen LogP contribution is 2.13. The van der Waals surface area contributed by atoms with E-state index in [4.69, 9.17) is 25.7 Å². The molecule has 0 atom stereocenters. The van der Waals surface area contributed by atoms with Crippen molar-refractivity contribution in [1.29, 1.82) is 5.26 Å². The normalized spacial score (nSPS) is 10.5. The highest BCUT2D eigenvalue weighted by Gasteiger charge is 2.08. The van der Waals surface area contributed by atoms with Crippen LogP contribution in [0.2, 0.25) is 0 Å². The number of benzene rings is 2. The largest absolute Gasteiger partial charge is 0.450 e. The van der Waals surface area contributed by atoms with Crippen LogP contribution in [0.25, 0.3) is 0 Å². The molecule has 238 valence electrons. The molecule has 4 aromatic rings. The molecule has 16 nitrogen and oxygen atoms in total. The third-order valence-electron chi connectivity index (χ3n) is 5.78. The van der Waals surface area contributed by atoms with Gasteiger partial charge in [-0.2, -0.15) is 15.5 Å². The van der Waals surface area contributed by atoms with E-state index in [1.165, 1.54) is 33.6 Å². The van der Waals surface area contributed by atoms with Gasteiger partial charge in [0.2, 0.25) is 0 Å². The number of ether oxygens (including phenoxy) is 2. The van der Waals surface area contributed by atoms with E-state index in [-0.39, 0.29) is 54.6 Å². The van der Waals surface area contributed by atoms with Gasteiger partial charge >= 0.3 is 12.2 Å². The fourth-order valence-electron chi connectivity index (χ4n) is 3.78. The number of aromatic nitrogens is 4. The first-order valence-corrected chi connectivity index (χ1v) is 13.8. The van der Waals surface area contributed by atoms with E-state index < -0.39 is 12.2 Å². The molecule has 0 radical (unpaired) electrons. The lowest BCUT2D eigenvalue weighted by atomic mass is 10.2. The zero-order valence-corrected chi connectivity index (χ0v) is 24.9. The number of amides is 2. The van der Waals surface area contributed by atoms with Gasteiger partial charge in [0.05, 0.1) is 26.3 Å². The van der Waals surface area contributed by atoms with E-state index in [1.807, 2.05) is 6.07 Å². The Morgan fingerprint density at radius 1 is 0.848 bits per heavy atom. The number of hydrogen-bond acceptors (Lipinski definition) is 11. The molecule has 5 N–H and O–H groups in total. The van der Waals surface area contributed by atoms with Gasteiger partial charge in [0.15, 0.2) is 11.5 Å². The maximum absolute atomic E-state index is 11.9. The van der Waals surface area contributed by atoms with Crippen molar-refractivity contribution in [3.8, 4) is 6.07 Å². The van der Waals surface area contributed by atoms with Gasteiger partial charge in [-0.15, -0.1) is 0 Å². The van der Waals surface area contributed by atoms with Crippen LogP contribution >= 0.6 is 0 Å². The number of anilines is 2. The minimum absolute atomic E-state index is 0.156. The molecule has 2 aromatic heterocycles. The van der Waals surface area contributed by atoms with E-state index in [0.29, 0.717) is 11.4 Å². The number of amidine groups is 1. The summed E-state index contributed by atoms with van der Waals surface area (Å²) in [6.07, 6.45) is -1.10. The average molecular weight is 630 g/mol. The molecule has 46 heavy (non-hydrogen) atoms. The van der Waals surface area contributed by atoms with E-state index in [0.717, 1.165) is 11.1 Å². The van der Waals surface area contributed by atoms with Crippen molar-refractivity contribution in [1.82, 2.24) is 19.6 Å². The third kappa shape index (κ3) is 10.3. The quantitative estimate of drug-likeness (QED) is 0.0910. The highest BCUT2D eigenvalue weighted by atomic mass is 16.6. The molecular formula is C30H31N9O7. The van der Waals surface area contributed by atoms with E-state index in [2.05, 4.69) is 26.0 Å². The Kier molecular flexibility index (Phi) is 12.5. The molecule has 0 saturated carbocycles. The number of oxime groups is 1. The Balaban J connectivity index is 0.000000251. The zero-order valence-electron chi connectivity index (χ0n) is 24.9. The molecule has 0 aliphatic rings. The molecule has 0 saturated heterocycles. The summed E-state index contributed by atoms with van der Waals surface area (Å²) in [6.45, 7) is 4.34. The van der Waals surface area contributed by atoms with Gasteiger partial charge in [0.25, 0.3) is 11.1 Å². The molecule has 4 rings (SSSR count). The SMILES string of the molecule is CCOC(=O)Nc1cccc(Cn2nc(/C(N)=N/O)ccc2=O)c1.CCOC(=O)Nc1cccc(Cn2nc(C#N)ccc2=O)c1. The minimum atomic E-state index is -0.557. The van der Waals surface area contributed by atoms with Crippen molar-refractivity contribution in [2.45, 2.75) is 26.9 Å². The predicted molar refractivity (Wildman–Crippen MR) is 167 cm³/mol. The molecule has 0 spiro atoms. The number of carbonyl (C=O) groups excluding carboxylic acids is 2. The molecule has 0 fully saturated rings. The monoisotopic (exact) mass is 629 g/mol. The Hall–Kier alpha value is -6.50. The van der Waals surface area contributed by atoms with Gasteiger partial charge in [-0.25, -0.2) is 19.0 Å². The Morgan fingerprint density at radius 3 is 1.83 bits per heavy atom. The van der Waals surface area contributed by atoms with Gasteiger partial charge in [0.1, 0.15) is 11.8 Å². The average Bonchev–Trinajstić information content (AvgIpc) is 3.03. The van der Waals surface area contributed by atoms with Crippen LogP contribution in [0, 0.1) is 11.3 Å². The summed E-state index contributed by atoms with van der Waals surface area (Å²) in [6, 6.07) is 21.1. The summed E-state index contributed by atoms with van der Waals surface area (Å²) >= 11 is 0. The first-order valence-electron chi connectivity index (χ1n) is 13.8. The van der Waals surface area contributed by atoms with Gasteiger partial charge in [0, 0.05) is 23.5 Å². The van der Waals surface area contributed by atoms with E-state index >= 15 is 0 Å². The number of carbonyl (C=O) groups is 2. The van der Waals surface area contributed by atoms with Crippen molar-refractivity contribution >= 4 is 29.4 Å². The van der Waals surface area contributed by atoms with Crippen molar-refractivity contribution in [2.75, 3.05) is 23.8 Å². The summed E-state index contributed by atoms with van der Waals surface area (Å²) in [5.74, 6) is -0.193. The van der Waals surface area contributed by atoms with Crippen molar-refractivity contribution in [3.63, 3.8) is 0 Å². The van der Waals surface area contributed by atoms with Crippen molar-refractivity contribution in [3.05, 3.63) is 116 Å². The second-order valence-corrected chi connectivity index (χ2v) is 9.12. The second-order valence-electron chi connectivity index (χ2n) is 9.12. The van der Waals surface area contributed by atoms with Crippen molar-refractivity contribution in [2.24, 2.45) is 10.9 Å². The van der Waals surface area contributed by atoms with Crippen LogP contribution in [-0.2, 0) is 22.6 Å². The van der Waals surface area contributed by atoms with Crippen LogP contribution in [0.4, 0.5) is 21.0 Å². The first-order chi connectivity index (χ1) is 22.1. The molecule has 2 amide bonds. The first kappa shape index (κ1) is 34.0. The standard InChI is InChI=1S/C15H17N5O4.C15H14N4O3/c1-2-24-15(22)17-11-5-3-4-10(8-11)9-20-13(21)7-6-12(18-20)14(16)19-23;1-2-22-15(21)17-12-5-3-4-11(8-12)10-19-14(20)7-6-13(9-16)18-19/h3-8,23H,2,9H2,1H3,(H2,16,19)(H,17,22);3-8H,2,10H2,1H3,(H,17,21). The van der Waals surface area contributed by atoms with Crippen LogP contribution in [0.5, 0.6) is 0 Å². The highest BCUT2D eigenvalue weighted by molar-refractivity contribution is 5.94. The molecular weight excluding hydrogens is 598 g/mol. The van der Waals surface area contributed by atoms with Gasteiger partial charge in [-0.1, -0.05) is 29.4 Å². The molecule has 0 aliphatic carbocycles. The zero-order chi connectivity index (χ0) is 33.5. The Morgan fingerprint density at radius 2 is 1.35 bits per heavy atom. The molecule has 2 heterocycles. The number of nitrogens with zero attached hydrogens (tertiary/aromatic N) is 6. The lowest BCUT2D eigenvalue weighted by Crippen LogP contribution is -2.27. The topological polar surface area (TPSA) is 229 Å². The molecule has 0 aliphatic heterocycles. The lowest BCUT2D eigenvalue weighted by Gasteiger charge is -2.09. The maximum atomic E-state index is 11.9. The summed E-state index contributed by atoms with van der Waals surface area (Å²) in [5, 5.41) is 33.5. The van der Waals surface area contributed by atoms with Crippen LogP contribution in [0.15, 0.2) is 87.5 Å². The minimum Gasteiger partial charge on any atom is -0.450 e. The Labute approximate surface area is 262 Å². The Bertz CT molecular complexity index is 1860. The molecule has 0 unspecified atom stereocenters. The van der Waals surface area contributed by atoms with Crippen LogP contribution in [0.1, 0.15) is 36.4 Å². The van der Waals surface area contributed by atoms with Gasteiger partial charge < -0.3 is 20.4 Å². The van der Waals surface area contributed by atoms with Crippen LogP contribution in [-0.4, -0.2) is 56.0 Å². The molecule has 16 heteroatoms. The van der Waals surface area contributed by atoms with E-state index in [9.17, 15) is 19.2 Å². The smallest absolute Gasteiger partial charge is 0.411 e. The number of nitriles is 1. The van der Waals surface area contributed by atoms with E-state index in [1.54, 1.807) is 62.4 Å².